The molecule has 2 rings (SSSR count). The van der Waals surface area contributed by atoms with E-state index >= 15 is 0 Å². The van der Waals surface area contributed by atoms with Crippen LogP contribution in [0, 0.1) is 0 Å². The molecule has 0 aromatic carbocycles. The van der Waals surface area contributed by atoms with Gasteiger partial charge in [0.1, 0.15) is 48.8 Å². The average Bonchev–Trinajstić information content (AvgIpc) is 3.26. The Labute approximate surface area is 365 Å². The van der Waals surface area contributed by atoms with Crippen molar-refractivity contribution < 1.29 is 64.6 Å². The number of hydrogen-bond donors (Lipinski definition) is 9. The van der Waals surface area contributed by atoms with Gasteiger partial charge < -0.3 is 65.1 Å². The predicted molar refractivity (Wildman–Crippen MR) is 235 cm³/mol. The molecule has 2 saturated heterocycles. The van der Waals surface area contributed by atoms with E-state index < -0.39 is 86.8 Å². The highest BCUT2D eigenvalue weighted by molar-refractivity contribution is 5.76. The monoisotopic (exact) mass is 868 g/mol. The van der Waals surface area contributed by atoms with Crippen LogP contribution in [0.2, 0.25) is 0 Å². The zero-order valence-corrected chi connectivity index (χ0v) is 36.9. The smallest absolute Gasteiger partial charge is 0.220 e. The normalized spacial score (nSPS) is 28.6. The summed E-state index contributed by atoms with van der Waals surface area (Å²) in [6.45, 7) is 2.64. The highest BCUT2D eigenvalue weighted by Gasteiger charge is 2.51. The van der Waals surface area contributed by atoms with Crippen LogP contribution in [0.15, 0.2) is 60.8 Å². The first kappa shape index (κ1) is 54.8. The summed E-state index contributed by atoms with van der Waals surface area (Å²) >= 11 is 0. The van der Waals surface area contributed by atoms with Crippen molar-refractivity contribution in [2.24, 2.45) is 0 Å². The van der Waals surface area contributed by atoms with Crippen LogP contribution in [0.25, 0.3) is 0 Å². The first-order valence-electron chi connectivity index (χ1n) is 23.0. The van der Waals surface area contributed by atoms with Crippen LogP contribution in [0.4, 0.5) is 0 Å². The zero-order chi connectivity index (χ0) is 44.7. The molecule has 1 amide bonds. The van der Waals surface area contributed by atoms with E-state index in [1.54, 1.807) is 0 Å². The molecule has 2 fully saturated rings. The minimum Gasteiger partial charge on any atom is -0.394 e. The van der Waals surface area contributed by atoms with Crippen molar-refractivity contribution in [2.75, 3.05) is 19.8 Å². The second-order valence-electron chi connectivity index (χ2n) is 16.2. The standard InChI is InChI=1S/C47H81NO13/c1-3-5-7-9-11-13-15-16-17-18-19-20-21-23-25-27-29-31-39(52)48-35(36(51)30-28-26-24-22-14-12-10-8-6-4-2)34-58-46-44(57)42(55)45(38(33-50)60-46)61-47-43(56)41(54)40(53)37(32-49)59-47/h5,7,11,13,16-17,19-20,23,25,35-38,40-47,49-51,53-57H,3-4,6,8-10,12,14-15,18,21-22,24,26-34H2,1-2H3,(H,48,52)/b7-5-,13-11-,17-16-,20-19-,25-23-. The summed E-state index contributed by atoms with van der Waals surface area (Å²) in [6.07, 6.45) is 22.4. The summed E-state index contributed by atoms with van der Waals surface area (Å²) in [5, 5.41) is 86.5. The molecule has 0 aromatic heterocycles. The summed E-state index contributed by atoms with van der Waals surface area (Å²) in [5.41, 5.74) is 0. The molecule has 0 spiro atoms. The molecule has 12 unspecified atom stereocenters. The topological polar surface area (TPSA) is 228 Å². The van der Waals surface area contributed by atoms with Gasteiger partial charge in [-0.2, -0.15) is 0 Å². The van der Waals surface area contributed by atoms with Crippen molar-refractivity contribution in [1.29, 1.82) is 0 Å². The average molecular weight is 868 g/mol. The lowest BCUT2D eigenvalue weighted by atomic mass is 9.97. The number of allylic oxidation sites excluding steroid dienone is 10. The number of aliphatic hydroxyl groups excluding tert-OH is 8. The van der Waals surface area contributed by atoms with Gasteiger partial charge in [-0.3, -0.25) is 4.79 Å². The maximum absolute atomic E-state index is 13.1. The summed E-state index contributed by atoms with van der Waals surface area (Å²) in [6, 6.07) is -0.858. The van der Waals surface area contributed by atoms with Crippen LogP contribution in [0.1, 0.15) is 136 Å². The Balaban J connectivity index is 1.90. The van der Waals surface area contributed by atoms with Crippen molar-refractivity contribution >= 4 is 5.91 Å². The number of unbranched alkanes of at least 4 members (excludes halogenated alkanes) is 10. The Hall–Kier alpha value is -2.31. The molecule has 2 aliphatic rings. The Morgan fingerprint density at radius 1 is 0.607 bits per heavy atom. The molecule has 352 valence electrons. The van der Waals surface area contributed by atoms with Crippen molar-refractivity contribution in [3.63, 3.8) is 0 Å². The fourth-order valence-electron chi connectivity index (χ4n) is 7.21. The number of nitrogens with one attached hydrogen (secondary N) is 1. The lowest BCUT2D eigenvalue weighted by Gasteiger charge is -2.46. The van der Waals surface area contributed by atoms with Gasteiger partial charge in [0.15, 0.2) is 12.6 Å². The molecule has 9 N–H and O–H groups in total. The maximum atomic E-state index is 13.1. The third-order valence-corrected chi connectivity index (χ3v) is 11.0. The third kappa shape index (κ3) is 22.2. The van der Waals surface area contributed by atoms with E-state index in [2.05, 4.69) is 73.8 Å². The van der Waals surface area contributed by atoms with Gasteiger partial charge in [0.05, 0.1) is 32.0 Å². The Kier molecular flexibility index (Phi) is 30.7. The van der Waals surface area contributed by atoms with Crippen molar-refractivity contribution in [1.82, 2.24) is 5.32 Å². The van der Waals surface area contributed by atoms with Gasteiger partial charge in [0.2, 0.25) is 5.91 Å². The number of rotatable bonds is 33. The number of hydrogen-bond acceptors (Lipinski definition) is 13. The van der Waals surface area contributed by atoms with Crippen LogP contribution in [0.5, 0.6) is 0 Å². The molecule has 2 heterocycles. The third-order valence-electron chi connectivity index (χ3n) is 11.0. The minimum absolute atomic E-state index is 0.223. The Morgan fingerprint density at radius 3 is 1.67 bits per heavy atom. The van der Waals surface area contributed by atoms with E-state index in [4.69, 9.17) is 18.9 Å². The van der Waals surface area contributed by atoms with Crippen molar-refractivity contribution in [3.05, 3.63) is 60.8 Å². The first-order valence-corrected chi connectivity index (χ1v) is 23.0. The molecule has 14 nitrogen and oxygen atoms in total. The molecule has 0 radical (unpaired) electrons. The quantitative estimate of drug-likeness (QED) is 0.0322. The van der Waals surface area contributed by atoms with Gasteiger partial charge >= 0.3 is 0 Å². The SMILES string of the molecule is CC/C=C\C/C=C\C/C=C\C/C=C\C/C=C\CCCC(=O)NC(COC1OC(CO)C(OC2OC(CO)C(O)C(O)C2O)C(O)C1O)C(O)CCCCCCCCCCCC. The molecule has 2 aliphatic heterocycles. The van der Waals surface area contributed by atoms with Crippen LogP contribution in [-0.4, -0.2) is 140 Å². The minimum atomic E-state index is -1.79. The largest absolute Gasteiger partial charge is 0.394 e. The van der Waals surface area contributed by atoms with E-state index in [1.165, 1.54) is 38.5 Å². The summed E-state index contributed by atoms with van der Waals surface area (Å²) < 4.78 is 22.6. The maximum Gasteiger partial charge on any atom is 0.220 e. The van der Waals surface area contributed by atoms with E-state index in [-0.39, 0.29) is 18.9 Å². The van der Waals surface area contributed by atoms with Crippen LogP contribution < -0.4 is 5.32 Å². The molecule has 14 heteroatoms. The Bertz CT molecular complexity index is 1260. The molecule has 0 saturated carbocycles. The van der Waals surface area contributed by atoms with Crippen LogP contribution in [0.3, 0.4) is 0 Å². The molecule has 61 heavy (non-hydrogen) atoms. The number of carbonyl (C=O) groups excluding carboxylic acids is 1. The second-order valence-corrected chi connectivity index (χ2v) is 16.2. The molecular weight excluding hydrogens is 787 g/mol. The molecular formula is C47H81NO13. The van der Waals surface area contributed by atoms with Gasteiger partial charge in [-0.1, -0.05) is 139 Å². The predicted octanol–water partition coefficient (Wildman–Crippen LogP) is 4.71. The zero-order valence-electron chi connectivity index (χ0n) is 36.9. The van der Waals surface area contributed by atoms with Crippen molar-refractivity contribution in [2.45, 2.75) is 209 Å². The molecule has 0 aliphatic carbocycles. The van der Waals surface area contributed by atoms with Gasteiger partial charge in [-0.15, -0.1) is 0 Å². The second kappa shape index (κ2) is 34.1. The van der Waals surface area contributed by atoms with Gasteiger partial charge in [-0.25, -0.2) is 0 Å². The van der Waals surface area contributed by atoms with E-state index in [0.717, 1.165) is 57.8 Å². The number of ether oxygens (including phenoxy) is 4. The fraction of sp³-hybridized carbons (Fsp3) is 0.766. The van der Waals surface area contributed by atoms with Crippen LogP contribution >= 0.6 is 0 Å². The van der Waals surface area contributed by atoms with Gasteiger partial charge in [-0.05, 0) is 51.4 Å². The molecule has 12 atom stereocenters. The first-order chi connectivity index (χ1) is 29.6. The van der Waals surface area contributed by atoms with E-state index in [9.17, 15) is 45.6 Å². The van der Waals surface area contributed by atoms with E-state index in [0.29, 0.717) is 19.3 Å². The Morgan fingerprint density at radius 2 is 1.11 bits per heavy atom. The van der Waals surface area contributed by atoms with E-state index in [1.807, 2.05) is 6.08 Å². The molecule has 0 bridgehead atoms. The summed E-state index contributed by atoms with van der Waals surface area (Å²) in [5.74, 6) is -0.269. The van der Waals surface area contributed by atoms with Crippen molar-refractivity contribution in [3.8, 4) is 0 Å². The summed E-state index contributed by atoms with van der Waals surface area (Å²) in [4.78, 5) is 13.1. The lowest BCUT2D eigenvalue weighted by molar-refractivity contribution is -0.359. The number of carbonyl (C=O) groups is 1. The van der Waals surface area contributed by atoms with Crippen LogP contribution in [-0.2, 0) is 23.7 Å². The highest BCUT2D eigenvalue weighted by Crippen LogP contribution is 2.30. The fourth-order valence-corrected chi connectivity index (χ4v) is 7.21. The lowest BCUT2D eigenvalue weighted by Crippen LogP contribution is -2.65. The van der Waals surface area contributed by atoms with Gasteiger partial charge in [0, 0.05) is 6.42 Å². The molecule has 0 aromatic rings. The number of amides is 1. The summed E-state index contributed by atoms with van der Waals surface area (Å²) in [7, 11) is 0. The highest BCUT2D eigenvalue weighted by atomic mass is 16.7. The van der Waals surface area contributed by atoms with Gasteiger partial charge in [0.25, 0.3) is 0 Å². The number of aliphatic hydroxyl groups is 8.